The molecular weight excluding hydrogens is 825 g/mol. The zero-order valence-corrected chi connectivity index (χ0v) is 35.1. The molecule has 3 heterocycles. The Morgan fingerprint density at radius 2 is 1.24 bits per heavy atom. The van der Waals surface area contributed by atoms with Crippen molar-refractivity contribution in [3.63, 3.8) is 0 Å². The van der Waals surface area contributed by atoms with E-state index in [1.54, 1.807) is 42.5 Å². The number of nitrogens with one attached hydrogen (secondary N) is 6. The number of hydrogen-bond acceptors (Lipinski definition) is 9. The number of thioether (sulfide) groups is 1. The van der Waals surface area contributed by atoms with Crippen LogP contribution in [0.2, 0.25) is 0 Å². The molecule has 0 fully saturated rings. The number of carbonyl (C=O) groups is 7. The molecule has 6 atom stereocenters. The summed E-state index contributed by atoms with van der Waals surface area (Å²) < 4.78 is 0. The third kappa shape index (κ3) is 13.9. The van der Waals surface area contributed by atoms with Gasteiger partial charge in [-0.15, -0.1) is 11.8 Å². The van der Waals surface area contributed by atoms with Crippen LogP contribution in [-0.4, -0.2) is 93.7 Å². The molecule has 3 aliphatic rings. The number of benzene rings is 4. The molecule has 4 aromatic rings. The van der Waals surface area contributed by atoms with Gasteiger partial charge in [-0.05, 0) is 58.2 Å². The minimum Gasteiger partial charge on any atom is -0.481 e. The SMILES string of the molecule is O=C(O)CCNC(=O)[C@@H]1Cc2ccc(cc2)NC(=O)[C@H](O)CC(=O)N[C@H](CC2CC=CS2)C(=O)N[C@@H](Cc2ccc(-c3ccccc3)cc2)C(=O)N[C@H](Cc2ccccc2)C(=O)N1. The van der Waals surface area contributed by atoms with Gasteiger partial charge < -0.3 is 42.1 Å². The Morgan fingerprint density at radius 1 is 0.651 bits per heavy atom. The van der Waals surface area contributed by atoms with Crippen LogP contribution in [-0.2, 0) is 52.8 Å². The van der Waals surface area contributed by atoms with Crippen molar-refractivity contribution in [2.24, 2.45) is 0 Å². The fourth-order valence-corrected chi connectivity index (χ4v) is 8.16. The van der Waals surface area contributed by atoms with Gasteiger partial charge in [0.05, 0.1) is 12.8 Å². The van der Waals surface area contributed by atoms with Gasteiger partial charge in [-0.1, -0.05) is 103 Å². The summed E-state index contributed by atoms with van der Waals surface area (Å²) in [7, 11) is 0. The second-order valence-corrected chi connectivity index (χ2v) is 16.6. The van der Waals surface area contributed by atoms with Gasteiger partial charge in [-0.2, -0.15) is 0 Å². The number of aliphatic carboxylic acids is 1. The summed E-state index contributed by atoms with van der Waals surface area (Å²) in [5.41, 5.74) is 4.10. The molecule has 15 nitrogen and oxygen atoms in total. The molecule has 1 unspecified atom stereocenters. The summed E-state index contributed by atoms with van der Waals surface area (Å²) in [6, 6.07) is 27.4. The molecule has 0 saturated heterocycles. The van der Waals surface area contributed by atoms with E-state index in [0.29, 0.717) is 23.1 Å². The van der Waals surface area contributed by atoms with Gasteiger partial charge >= 0.3 is 5.97 Å². The highest BCUT2D eigenvalue weighted by molar-refractivity contribution is 8.03. The van der Waals surface area contributed by atoms with E-state index in [1.807, 2.05) is 66.1 Å². The molecule has 6 amide bonds. The maximum atomic E-state index is 14.6. The number of carbonyl (C=O) groups excluding carboxylic acids is 6. The Morgan fingerprint density at radius 3 is 1.86 bits per heavy atom. The van der Waals surface area contributed by atoms with Crippen LogP contribution >= 0.6 is 11.8 Å². The number of hydrogen-bond donors (Lipinski definition) is 8. The maximum absolute atomic E-state index is 14.6. The van der Waals surface area contributed by atoms with Crippen LogP contribution in [0.5, 0.6) is 0 Å². The van der Waals surface area contributed by atoms with Crippen LogP contribution in [0, 0.1) is 0 Å². The maximum Gasteiger partial charge on any atom is 0.305 e. The molecule has 0 aliphatic carbocycles. The second kappa shape index (κ2) is 22.4. The van der Waals surface area contributed by atoms with Crippen LogP contribution in [0.25, 0.3) is 11.1 Å². The summed E-state index contributed by atoms with van der Waals surface area (Å²) in [6.45, 7) is -0.208. The number of carboxylic acid groups (broad SMARTS) is 1. The Balaban J connectivity index is 1.35. The first kappa shape index (κ1) is 45.7. The topological polar surface area (TPSA) is 232 Å². The molecule has 328 valence electrons. The zero-order valence-electron chi connectivity index (χ0n) is 34.3. The third-order valence-corrected chi connectivity index (χ3v) is 11.7. The lowest BCUT2D eigenvalue weighted by atomic mass is 9.98. The Bertz CT molecular complexity index is 2270. The number of fused-ring (bicyclic) bond motifs is 18. The van der Waals surface area contributed by atoms with Gasteiger partial charge in [0.25, 0.3) is 5.91 Å². The van der Waals surface area contributed by atoms with Crippen LogP contribution in [0.4, 0.5) is 5.69 Å². The van der Waals surface area contributed by atoms with Crippen molar-refractivity contribution in [1.82, 2.24) is 26.6 Å². The quantitative estimate of drug-likeness (QED) is 0.103. The fraction of sp³-hybridized carbons (Fsp3) is 0.298. The van der Waals surface area contributed by atoms with E-state index in [2.05, 4.69) is 31.9 Å². The predicted molar refractivity (Wildman–Crippen MR) is 238 cm³/mol. The number of rotatable bonds is 11. The van der Waals surface area contributed by atoms with E-state index < -0.39 is 78.1 Å². The van der Waals surface area contributed by atoms with Gasteiger partial charge in [0, 0.05) is 36.7 Å². The van der Waals surface area contributed by atoms with Crippen molar-refractivity contribution in [3.8, 4) is 11.1 Å². The van der Waals surface area contributed by atoms with E-state index in [-0.39, 0.29) is 49.6 Å². The van der Waals surface area contributed by atoms with E-state index in [4.69, 9.17) is 0 Å². The Labute approximate surface area is 368 Å². The summed E-state index contributed by atoms with van der Waals surface area (Å²) >= 11 is 1.49. The molecule has 8 N–H and O–H groups in total. The van der Waals surface area contributed by atoms with Gasteiger partial charge in [-0.3, -0.25) is 33.6 Å². The first-order valence-corrected chi connectivity index (χ1v) is 21.6. The molecule has 63 heavy (non-hydrogen) atoms. The second-order valence-electron chi connectivity index (χ2n) is 15.4. The highest BCUT2D eigenvalue weighted by Gasteiger charge is 2.34. The van der Waals surface area contributed by atoms with Crippen molar-refractivity contribution in [3.05, 3.63) is 137 Å². The van der Waals surface area contributed by atoms with Crippen molar-refractivity contribution < 1.29 is 43.8 Å². The van der Waals surface area contributed by atoms with Crippen molar-refractivity contribution in [2.45, 2.75) is 80.5 Å². The predicted octanol–water partition coefficient (Wildman–Crippen LogP) is 3.02. The summed E-state index contributed by atoms with van der Waals surface area (Å²) in [6.07, 6.45) is -0.148. The Hall–Kier alpha value is -6.78. The van der Waals surface area contributed by atoms with Crippen LogP contribution in [0.3, 0.4) is 0 Å². The first-order valence-electron chi connectivity index (χ1n) is 20.7. The minimum atomic E-state index is -1.78. The molecule has 0 radical (unpaired) electrons. The number of anilines is 1. The lowest BCUT2D eigenvalue weighted by Crippen LogP contribution is -2.59. The number of amides is 6. The van der Waals surface area contributed by atoms with Gasteiger partial charge in [0.15, 0.2) is 0 Å². The molecule has 0 spiro atoms. The molecule has 2 bridgehead atoms. The van der Waals surface area contributed by atoms with Gasteiger partial charge in [-0.25, -0.2) is 0 Å². The molecule has 7 rings (SSSR count). The molecule has 0 aromatic heterocycles. The summed E-state index contributed by atoms with van der Waals surface area (Å²) in [5, 5.41) is 38.0. The molecule has 3 aliphatic heterocycles. The summed E-state index contributed by atoms with van der Waals surface area (Å²) in [5.74, 6) is -5.57. The zero-order chi connectivity index (χ0) is 44.7. The van der Waals surface area contributed by atoms with Crippen LogP contribution < -0.4 is 31.9 Å². The number of aliphatic hydroxyl groups excluding tert-OH is 1. The fourth-order valence-electron chi connectivity index (χ4n) is 7.19. The Kier molecular flexibility index (Phi) is 16.2. The van der Waals surface area contributed by atoms with Crippen molar-refractivity contribution in [2.75, 3.05) is 11.9 Å². The number of carboxylic acids is 1. The molecule has 4 aromatic carbocycles. The van der Waals surface area contributed by atoms with Gasteiger partial charge in [0.1, 0.15) is 30.3 Å². The van der Waals surface area contributed by atoms with Crippen LogP contribution in [0.15, 0.2) is 121 Å². The highest BCUT2D eigenvalue weighted by atomic mass is 32.2. The van der Waals surface area contributed by atoms with Gasteiger partial charge in [0.2, 0.25) is 29.5 Å². The lowest BCUT2D eigenvalue weighted by molar-refractivity contribution is -0.137. The average Bonchev–Trinajstić information content (AvgIpc) is 3.79. The normalized spacial score (nSPS) is 22.4. The monoisotopic (exact) mass is 874 g/mol. The number of aliphatic hydroxyl groups is 1. The number of allylic oxidation sites excluding steroid dienone is 1. The van der Waals surface area contributed by atoms with E-state index >= 15 is 0 Å². The lowest BCUT2D eigenvalue weighted by Gasteiger charge is -2.27. The average molecular weight is 875 g/mol. The standard InChI is InChI=1S/C47H50N6O9S/c54-40-28-41(55)50-39(27-35-12-7-23-63-35)46(61)53-38(26-30-13-17-33(18-14-30)32-10-5-2-6-11-32)45(60)52-37(24-29-8-3-1-4-9-29)44(59)51-36(43(58)48-22-21-42(56)57)25-31-15-19-34(20-16-31)49-47(40)62/h1-11,13-20,23,35-40,54H,12,21-22,24-28H2,(H,48,58)(H,49,62)(H,50,55)(H,51,59)(H,52,60)(H,53,61)(H,56,57)/t35?,36-,37+,38-,39+,40+/m0/s1. The highest BCUT2D eigenvalue weighted by Crippen LogP contribution is 2.28. The first-order chi connectivity index (χ1) is 30.4. The smallest absolute Gasteiger partial charge is 0.305 e. The largest absolute Gasteiger partial charge is 0.481 e. The molecule has 16 heteroatoms. The molecular formula is C47H50N6O9S. The third-order valence-electron chi connectivity index (χ3n) is 10.6. The van der Waals surface area contributed by atoms with Crippen molar-refractivity contribution >= 4 is 58.9 Å². The molecule has 0 saturated carbocycles. The van der Waals surface area contributed by atoms with E-state index in [0.717, 1.165) is 11.1 Å². The minimum absolute atomic E-state index is 0.000484. The van der Waals surface area contributed by atoms with Crippen LogP contribution in [0.1, 0.15) is 42.4 Å². The summed E-state index contributed by atoms with van der Waals surface area (Å²) in [4.78, 5) is 94.5. The van der Waals surface area contributed by atoms with Crippen molar-refractivity contribution in [1.29, 1.82) is 0 Å². The van der Waals surface area contributed by atoms with E-state index in [1.165, 1.54) is 23.9 Å². The van der Waals surface area contributed by atoms with E-state index in [9.17, 15) is 43.8 Å².